The summed E-state index contributed by atoms with van der Waals surface area (Å²) in [5.74, 6) is 0.994. The Hall–Kier alpha value is -0.0800. The molecular formula is C10H18N2. The number of nitrogens with one attached hydrogen (secondary N) is 1. The van der Waals surface area contributed by atoms with Crippen molar-refractivity contribution in [2.75, 3.05) is 19.6 Å². The summed E-state index contributed by atoms with van der Waals surface area (Å²) in [6.45, 7) is 4.05. The summed E-state index contributed by atoms with van der Waals surface area (Å²) < 4.78 is 0. The van der Waals surface area contributed by atoms with Crippen molar-refractivity contribution < 1.29 is 0 Å². The van der Waals surface area contributed by atoms with E-state index in [1.54, 1.807) is 0 Å². The summed E-state index contributed by atoms with van der Waals surface area (Å²) >= 11 is 0. The molecule has 0 amide bonds. The SMILES string of the molecule is C1CCN(C2[C@@H]3CC[C@H]2NC3)C1. The van der Waals surface area contributed by atoms with E-state index >= 15 is 0 Å². The highest BCUT2D eigenvalue weighted by Gasteiger charge is 2.44. The second kappa shape index (κ2) is 2.71. The van der Waals surface area contributed by atoms with Crippen LogP contribution in [-0.2, 0) is 0 Å². The van der Waals surface area contributed by atoms with Gasteiger partial charge >= 0.3 is 0 Å². The van der Waals surface area contributed by atoms with Gasteiger partial charge in [-0.1, -0.05) is 0 Å². The highest BCUT2D eigenvalue weighted by atomic mass is 15.2. The van der Waals surface area contributed by atoms with Crippen molar-refractivity contribution >= 4 is 0 Å². The second-order valence-corrected chi connectivity index (χ2v) is 4.59. The lowest BCUT2D eigenvalue weighted by Crippen LogP contribution is -2.40. The van der Waals surface area contributed by atoms with Crippen molar-refractivity contribution in [2.24, 2.45) is 5.92 Å². The third-order valence-corrected chi connectivity index (χ3v) is 3.95. The number of hydrogen-bond donors (Lipinski definition) is 1. The normalized spacial score (nSPS) is 47.5. The smallest absolute Gasteiger partial charge is 0.0289 e. The molecule has 2 heterocycles. The molecule has 2 saturated heterocycles. The molecule has 2 bridgehead atoms. The first-order valence-electron chi connectivity index (χ1n) is 5.42. The fourth-order valence-electron chi connectivity index (χ4n) is 3.40. The lowest BCUT2D eigenvalue weighted by molar-refractivity contribution is 0.215. The summed E-state index contributed by atoms with van der Waals surface area (Å²) in [6, 6.07) is 1.78. The zero-order valence-corrected chi connectivity index (χ0v) is 7.63. The molecule has 3 rings (SSSR count). The van der Waals surface area contributed by atoms with Crippen LogP contribution >= 0.6 is 0 Å². The molecule has 1 aliphatic carbocycles. The number of nitrogens with zero attached hydrogens (tertiary/aromatic N) is 1. The van der Waals surface area contributed by atoms with E-state index in [9.17, 15) is 0 Å². The molecular weight excluding hydrogens is 148 g/mol. The van der Waals surface area contributed by atoms with E-state index < -0.39 is 0 Å². The number of rotatable bonds is 1. The highest BCUT2D eigenvalue weighted by Crippen LogP contribution is 2.36. The van der Waals surface area contributed by atoms with Gasteiger partial charge in [-0.25, -0.2) is 0 Å². The van der Waals surface area contributed by atoms with E-state index in [1.807, 2.05) is 0 Å². The number of piperidine rings is 1. The Morgan fingerprint density at radius 1 is 1.08 bits per heavy atom. The minimum absolute atomic E-state index is 0.855. The average Bonchev–Trinajstić information content (AvgIpc) is 2.78. The Morgan fingerprint density at radius 2 is 1.92 bits per heavy atom. The van der Waals surface area contributed by atoms with Gasteiger partial charge in [0.25, 0.3) is 0 Å². The maximum Gasteiger partial charge on any atom is 0.0289 e. The van der Waals surface area contributed by atoms with Crippen molar-refractivity contribution in [3.05, 3.63) is 0 Å². The van der Waals surface area contributed by atoms with E-state index in [1.165, 1.54) is 45.3 Å². The largest absolute Gasteiger partial charge is 0.312 e. The van der Waals surface area contributed by atoms with Crippen LogP contribution in [0.15, 0.2) is 0 Å². The van der Waals surface area contributed by atoms with Gasteiger partial charge in [-0.3, -0.25) is 4.90 Å². The molecule has 0 aromatic carbocycles. The number of likely N-dealkylation sites (tertiary alicyclic amines) is 1. The Bertz CT molecular complexity index is 155. The van der Waals surface area contributed by atoms with Crippen LogP contribution in [0.3, 0.4) is 0 Å². The number of fused-ring (bicyclic) bond motifs is 2. The Kier molecular flexibility index (Phi) is 1.66. The van der Waals surface area contributed by atoms with E-state index in [4.69, 9.17) is 0 Å². The van der Waals surface area contributed by atoms with Gasteiger partial charge in [-0.15, -0.1) is 0 Å². The Morgan fingerprint density at radius 3 is 2.42 bits per heavy atom. The van der Waals surface area contributed by atoms with Gasteiger partial charge in [-0.05, 0) is 51.2 Å². The van der Waals surface area contributed by atoms with Crippen molar-refractivity contribution in [3.8, 4) is 0 Å². The monoisotopic (exact) mass is 166 g/mol. The molecule has 0 radical (unpaired) electrons. The molecule has 3 aliphatic rings. The van der Waals surface area contributed by atoms with Crippen LogP contribution in [0.4, 0.5) is 0 Å². The minimum atomic E-state index is 0.855. The van der Waals surface area contributed by atoms with Crippen molar-refractivity contribution in [3.63, 3.8) is 0 Å². The molecule has 1 N–H and O–H groups in total. The minimum Gasteiger partial charge on any atom is -0.312 e. The molecule has 1 saturated carbocycles. The van der Waals surface area contributed by atoms with Gasteiger partial charge in [0.05, 0.1) is 0 Å². The van der Waals surface area contributed by atoms with Crippen LogP contribution in [0.1, 0.15) is 25.7 Å². The van der Waals surface area contributed by atoms with Crippen molar-refractivity contribution in [1.82, 2.24) is 10.2 Å². The molecule has 2 heteroatoms. The van der Waals surface area contributed by atoms with E-state index in [2.05, 4.69) is 10.2 Å². The molecule has 0 aromatic rings. The quantitative estimate of drug-likeness (QED) is 0.621. The predicted octanol–water partition coefficient (Wildman–Crippen LogP) is 0.833. The molecule has 0 spiro atoms. The van der Waals surface area contributed by atoms with Crippen LogP contribution in [0, 0.1) is 5.92 Å². The summed E-state index contributed by atoms with van der Waals surface area (Å²) in [7, 11) is 0. The molecule has 12 heavy (non-hydrogen) atoms. The third-order valence-electron chi connectivity index (χ3n) is 3.95. The van der Waals surface area contributed by atoms with E-state index in [0.29, 0.717) is 0 Å². The summed E-state index contributed by atoms with van der Waals surface area (Å²) in [6.07, 6.45) is 5.80. The lowest BCUT2D eigenvalue weighted by atomic mass is 10.1. The average molecular weight is 166 g/mol. The van der Waals surface area contributed by atoms with Gasteiger partial charge in [0.1, 0.15) is 0 Å². The summed E-state index contributed by atoms with van der Waals surface area (Å²) in [4.78, 5) is 2.74. The molecule has 68 valence electrons. The van der Waals surface area contributed by atoms with Crippen LogP contribution in [0.5, 0.6) is 0 Å². The van der Waals surface area contributed by atoms with Crippen molar-refractivity contribution in [1.29, 1.82) is 0 Å². The Labute approximate surface area is 74.3 Å². The molecule has 1 unspecified atom stereocenters. The zero-order chi connectivity index (χ0) is 7.97. The first kappa shape index (κ1) is 7.34. The zero-order valence-electron chi connectivity index (χ0n) is 7.63. The van der Waals surface area contributed by atoms with Gasteiger partial charge in [-0.2, -0.15) is 0 Å². The maximum atomic E-state index is 3.64. The predicted molar refractivity (Wildman–Crippen MR) is 49.1 cm³/mol. The first-order valence-corrected chi connectivity index (χ1v) is 5.42. The molecule has 2 aliphatic heterocycles. The first-order chi connectivity index (χ1) is 5.95. The van der Waals surface area contributed by atoms with E-state index in [0.717, 1.165) is 18.0 Å². The third kappa shape index (κ3) is 0.944. The van der Waals surface area contributed by atoms with Crippen LogP contribution in [0.2, 0.25) is 0 Å². The molecule has 3 atom stereocenters. The van der Waals surface area contributed by atoms with Crippen molar-refractivity contribution in [2.45, 2.75) is 37.8 Å². The molecule has 0 aromatic heterocycles. The topological polar surface area (TPSA) is 15.3 Å². The molecule has 3 fully saturated rings. The Balaban J connectivity index is 1.75. The summed E-state index contributed by atoms with van der Waals surface area (Å²) in [5, 5.41) is 3.64. The van der Waals surface area contributed by atoms with E-state index in [-0.39, 0.29) is 0 Å². The second-order valence-electron chi connectivity index (χ2n) is 4.59. The fourth-order valence-corrected chi connectivity index (χ4v) is 3.40. The highest BCUT2D eigenvalue weighted by molar-refractivity contribution is 5.03. The number of hydrogen-bond acceptors (Lipinski definition) is 2. The van der Waals surface area contributed by atoms with Gasteiger partial charge in [0.15, 0.2) is 0 Å². The van der Waals surface area contributed by atoms with Gasteiger partial charge < -0.3 is 5.32 Å². The van der Waals surface area contributed by atoms with Gasteiger partial charge in [0, 0.05) is 12.1 Å². The standard InChI is InChI=1S/C10H18N2/c1-2-6-12(5-1)10-8-3-4-9(10)11-7-8/h8-11H,1-7H2/t8-,9-,10?/m1/s1. The lowest BCUT2D eigenvalue weighted by Gasteiger charge is -2.26. The van der Waals surface area contributed by atoms with Crippen LogP contribution in [-0.4, -0.2) is 36.6 Å². The fraction of sp³-hybridized carbons (Fsp3) is 1.00. The van der Waals surface area contributed by atoms with Gasteiger partial charge in [0.2, 0.25) is 0 Å². The maximum absolute atomic E-state index is 3.64. The molecule has 2 nitrogen and oxygen atoms in total. The summed E-state index contributed by atoms with van der Waals surface area (Å²) in [5.41, 5.74) is 0. The van der Waals surface area contributed by atoms with Crippen LogP contribution in [0.25, 0.3) is 0 Å². The van der Waals surface area contributed by atoms with Crippen LogP contribution < -0.4 is 5.32 Å².